The van der Waals surface area contributed by atoms with E-state index in [0.29, 0.717) is 24.3 Å². The Bertz CT molecular complexity index is 182. The van der Waals surface area contributed by atoms with E-state index in [4.69, 9.17) is 10.9 Å². The molecule has 0 heterocycles. The van der Waals surface area contributed by atoms with Crippen molar-refractivity contribution in [1.29, 1.82) is 0 Å². The predicted molar refractivity (Wildman–Crippen MR) is 59.6 cm³/mol. The van der Waals surface area contributed by atoms with Gasteiger partial charge in [0.05, 0.1) is 0 Å². The monoisotopic (exact) mass is 201 g/mol. The fraction of sp³-hybridized carbons (Fsp3) is 0.900. The lowest BCUT2D eigenvalue weighted by atomic mass is 10.1. The highest BCUT2D eigenvalue weighted by molar-refractivity contribution is 5.80. The molecule has 4 nitrogen and oxygen atoms in total. The Morgan fingerprint density at radius 1 is 1.36 bits per heavy atom. The fourth-order valence-corrected chi connectivity index (χ4v) is 1.75. The van der Waals surface area contributed by atoms with Gasteiger partial charge in [0.2, 0.25) is 0 Å². The maximum absolute atomic E-state index is 8.48. The first-order valence-corrected chi connectivity index (χ1v) is 5.28. The molecule has 0 rings (SSSR count). The van der Waals surface area contributed by atoms with E-state index < -0.39 is 0 Å². The molecule has 84 valence electrons. The largest absolute Gasteiger partial charge is 0.409 e. The van der Waals surface area contributed by atoms with Crippen LogP contribution >= 0.6 is 0 Å². The van der Waals surface area contributed by atoms with Crippen molar-refractivity contribution in [2.24, 2.45) is 10.9 Å². The van der Waals surface area contributed by atoms with Gasteiger partial charge in [0.15, 0.2) is 0 Å². The summed E-state index contributed by atoms with van der Waals surface area (Å²) in [5.74, 6) is 0.305. The van der Waals surface area contributed by atoms with E-state index in [-0.39, 0.29) is 0 Å². The zero-order valence-electron chi connectivity index (χ0n) is 9.70. The molecule has 0 aliphatic heterocycles. The van der Waals surface area contributed by atoms with E-state index in [0.717, 1.165) is 13.0 Å². The van der Waals surface area contributed by atoms with Crippen LogP contribution in [0.15, 0.2) is 5.16 Å². The Hall–Kier alpha value is -0.770. The first-order chi connectivity index (χ1) is 6.56. The molecule has 0 saturated carbocycles. The van der Waals surface area contributed by atoms with Crippen molar-refractivity contribution in [3.8, 4) is 0 Å². The van der Waals surface area contributed by atoms with Gasteiger partial charge in [-0.05, 0) is 26.8 Å². The Labute approximate surface area is 86.8 Å². The molecule has 0 bridgehead atoms. The first-order valence-electron chi connectivity index (χ1n) is 5.28. The van der Waals surface area contributed by atoms with Crippen molar-refractivity contribution in [2.45, 2.75) is 52.6 Å². The molecule has 0 aliphatic carbocycles. The summed E-state index contributed by atoms with van der Waals surface area (Å²) in [6.45, 7) is 9.60. The molecule has 2 unspecified atom stereocenters. The summed E-state index contributed by atoms with van der Waals surface area (Å²) in [7, 11) is 0. The van der Waals surface area contributed by atoms with E-state index in [1.807, 2.05) is 0 Å². The molecule has 0 saturated heterocycles. The third-order valence-electron chi connectivity index (χ3n) is 2.72. The van der Waals surface area contributed by atoms with Gasteiger partial charge in [-0.15, -0.1) is 0 Å². The van der Waals surface area contributed by atoms with Crippen molar-refractivity contribution in [3.05, 3.63) is 0 Å². The number of hydrogen-bond acceptors (Lipinski definition) is 3. The van der Waals surface area contributed by atoms with E-state index >= 15 is 0 Å². The Morgan fingerprint density at radius 2 is 1.93 bits per heavy atom. The Kier molecular flexibility index (Phi) is 6.28. The molecule has 0 amide bonds. The normalized spacial score (nSPS) is 17.1. The quantitative estimate of drug-likeness (QED) is 0.297. The Morgan fingerprint density at radius 3 is 2.29 bits per heavy atom. The van der Waals surface area contributed by atoms with Crippen LogP contribution < -0.4 is 5.73 Å². The molecule has 2 atom stereocenters. The van der Waals surface area contributed by atoms with Gasteiger partial charge in [0.25, 0.3) is 0 Å². The van der Waals surface area contributed by atoms with E-state index in [1.54, 1.807) is 0 Å². The minimum atomic E-state index is 0.305. The molecule has 0 spiro atoms. The van der Waals surface area contributed by atoms with Crippen LogP contribution in [0.2, 0.25) is 0 Å². The summed E-state index contributed by atoms with van der Waals surface area (Å²) < 4.78 is 0. The lowest BCUT2D eigenvalue weighted by Crippen LogP contribution is -2.41. The third kappa shape index (κ3) is 3.96. The maximum atomic E-state index is 8.48. The smallest absolute Gasteiger partial charge is 0.140 e. The first kappa shape index (κ1) is 13.2. The van der Waals surface area contributed by atoms with E-state index in [1.165, 1.54) is 0 Å². The highest BCUT2D eigenvalue weighted by atomic mass is 16.4. The second-order valence-electron chi connectivity index (χ2n) is 3.73. The van der Waals surface area contributed by atoms with Crippen LogP contribution in [0.4, 0.5) is 0 Å². The van der Waals surface area contributed by atoms with Crippen LogP contribution in [-0.4, -0.2) is 34.6 Å². The number of rotatable bonds is 6. The highest BCUT2D eigenvalue weighted by Gasteiger charge is 2.17. The second kappa shape index (κ2) is 6.65. The molecule has 0 radical (unpaired) electrons. The summed E-state index contributed by atoms with van der Waals surface area (Å²) in [4.78, 5) is 2.36. The predicted octanol–water partition coefficient (Wildman–Crippen LogP) is 1.63. The van der Waals surface area contributed by atoms with Gasteiger partial charge < -0.3 is 10.9 Å². The van der Waals surface area contributed by atoms with Gasteiger partial charge in [-0.1, -0.05) is 19.0 Å². The molecule has 0 fully saturated rings. The van der Waals surface area contributed by atoms with Gasteiger partial charge in [0, 0.05) is 18.5 Å². The van der Waals surface area contributed by atoms with Crippen LogP contribution in [0, 0.1) is 0 Å². The average molecular weight is 201 g/mol. The van der Waals surface area contributed by atoms with Crippen molar-refractivity contribution in [1.82, 2.24) is 4.90 Å². The summed E-state index contributed by atoms with van der Waals surface area (Å²) in [6.07, 6.45) is 1.74. The number of nitrogens with zero attached hydrogens (tertiary/aromatic N) is 2. The standard InChI is InChI=1S/C10H23N3O/c1-5-8(3)13(6-2)9(4)7-10(11)12-14/h8-9,14H,5-7H2,1-4H3,(H2,11,12). The molecular weight excluding hydrogens is 178 g/mol. The van der Waals surface area contributed by atoms with Gasteiger partial charge in [-0.3, -0.25) is 4.90 Å². The molecular formula is C10H23N3O. The second-order valence-corrected chi connectivity index (χ2v) is 3.73. The third-order valence-corrected chi connectivity index (χ3v) is 2.72. The lowest BCUT2D eigenvalue weighted by Gasteiger charge is -2.32. The van der Waals surface area contributed by atoms with E-state index in [9.17, 15) is 0 Å². The maximum Gasteiger partial charge on any atom is 0.140 e. The Balaban J connectivity index is 4.23. The van der Waals surface area contributed by atoms with E-state index in [2.05, 4.69) is 37.8 Å². The minimum absolute atomic E-state index is 0.305. The molecule has 14 heavy (non-hydrogen) atoms. The van der Waals surface area contributed by atoms with Crippen molar-refractivity contribution in [2.75, 3.05) is 6.54 Å². The number of hydrogen-bond donors (Lipinski definition) is 2. The molecule has 0 aliphatic rings. The lowest BCUT2D eigenvalue weighted by molar-refractivity contribution is 0.161. The molecule has 0 aromatic carbocycles. The summed E-state index contributed by atoms with van der Waals surface area (Å²) >= 11 is 0. The van der Waals surface area contributed by atoms with Crippen LogP contribution in [0.3, 0.4) is 0 Å². The topological polar surface area (TPSA) is 61.8 Å². The summed E-state index contributed by atoms with van der Waals surface area (Å²) in [5, 5.41) is 11.5. The zero-order valence-corrected chi connectivity index (χ0v) is 9.70. The molecule has 4 heteroatoms. The molecule has 3 N–H and O–H groups in total. The number of nitrogens with two attached hydrogens (primary N) is 1. The summed E-state index contributed by atoms with van der Waals surface area (Å²) in [6, 6.07) is 0.868. The zero-order chi connectivity index (χ0) is 11.1. The average Bonchev–Trinajstić information content (AvgIpc) is 2.18. The van der Waals surface area contributed by atoms with Gasteiger partial charge in [-0.2, -0.15) is 0 Å². The number of amidine groups is 1. The van der Waals surface area contributed by atoms with Crippen LogP contribution in [-0.2, 0) is 0 Å². The van der Waals surface area contributed by atoms with Crippen LogP contribution in [0.25, 0.3) is 0 Å². The molecule has 0 aromatic heterocycles. The molecule has 0 aromatic rings. The van der Waals surface area contributed by atoms with Gasteiger partial charge in [0.1, 0.15) is 5.84 Å². The van der Waals surface area contributed by atoms with Crippen molar-refractivity contribution >= 4 is 5.84 Å². The van der Waals surface area contributed by atoms with Gasteiger partial charge >= 0.3 is 0 Å². The SMILES string of the molecule is CCC(C)N(CC)C(C)CC(N)=NO. The number of oxime groups is 1. The summed E-state index contributed by atoms with van der Waals surface area (Å²) in [5.41, 5.74) is 5.48. The fourth-order valence-electron chi connectivity index (χ4n) is 1.75. The highest BCUT2D eigenvalue weighted by Crippen LogP contribution is 2.10. The van der Waals surface area contributed by atoms with Crippen LogP contribution in [0.5, 0.6) is 0 Å². The minimum Gasteiger partial charge on any atom is -0.409 e. The van der Waals surface area contributed by atoms with Gasteiger partial charge in [-0.25, -0.2) is 0 Å². The van der Waals surface area contributed by atoms with Crippen LogP contribution in [0.1, 0.15) is 40.5 Å². The van der Waals surface area contributed by atoms with Crippen molar-refractivity contribution < 1.29 is 5.21 Å². The van der Waals surface area contributed by atoms with Crippen molar-refractivity contribution in [3.63, 3.8) is 0 Å².